The van der Waals surface area contributed by atoms with Crippen molar-refractivity contribution in [3.63, 3.8) is 0 Å². The standard InChI is InChI=1S/C10H9BrO2/c1-13-6-4-8-7(9(11)5-6)2-3-10(8)12/h4-5H,2-3H2,1H3. The van der Waals surface area contributed by atoms with Gasteiger partial charge in [0.1, 0.15) is 5.75 Å². The lowest BCUT2D eigenvalue weighted by molar-refractivity contribution is 0.0994. The van der Waals surface area contributed by atoms with E-state index in [1.807, 2.05) is 12.1 Å². The van der Waals surface area contributed by atoms with Gasteiger partial charge in [0.05, 0.1) is 7.11 Å². The van der Waals surface area contributed by atoms with Gasteiger partial charge < -0.3 is 4.74 Å². The monoisotopic (exact) mass is 240 g/mol. The highest BCUT2D eigenvalue weighted by Gasteiger charge is 2.22. The van der Waals surface area contributed by atoms with Crippen LogP contribution < -0.4 is 4.74 Å². The molecule has 1 aliphatic rings. The highest BCUT2D eigenvalue weighted by Crippen LogP contribution is 2.32. The number of halogens is 1. The van der Waals surface area contributed by atoms with E-state index in [-0.39, 0.29) is 5.78 Å². The lowest BCUT2D eigenvalue weighted by atomic mass is 10.1. The summed E-state index contributed by atoms with van der Waals surface area (Å²) in [5.41, 5.74) is 1.93. The number of carbonyl (C=O) groups excluding carboxylic acids is 1. The summed E-state index contributed by atoms with van der Waals surface area (Å²) in [6, 6.07) is 3.72. The van der Waals surface area contributed by atoms with Gasteiger partial charge in [-0.15, -0.1) is 0 Å². The first-order valence-corrected chi connectivity index (χ1v) is 4.91. The highest BCUT2D eigenvalue weighted by molar-refractivity contribution is 9.10. The molecule has 0 bridgehead atoms. The number of hydrogen-bond acceptors (Lipinski definition) is 2. The van der Waals surface area contributed by atoms with Gasteiger partial charge >= 0.3 is 0 Å². The number of ether oxygens (including phenoxy) is 1. The molecule has 0 unspecified atom stereocenters. The Morgan fingerprint density at radius 2 is 2.15 bits per heavy atom. The zero-order chi connectivity index (χ0) is 9.42. The van der Waals surface area contributed by atoms with Crippen LogP contribution in [0.3, 0.4) is 0 Å². The molecule has 0 fully saturated rings. The van der Waals surface area contributed by atoms with E-state index < -0.39 is 0 Å². The van der Waals surface area contributed by atoms with E-state index in [4.69, 9.17) is 4.74 Å². The third-order valence-corrected chi connectivity index (χ3v) is 3.01. The van der Waals surface area contributed by atoms with Crippen LogP contribution in [0.15, 0.2) is 16.6 Å². The number of benzene rings is 1. The molecule has 0 heterocycles. The van der Waals surface area contributed by atoms with Crippen LogP contribution in [0, 0.1) is 0 Å². The molecule has 0 atom stereocenters. The summed E-state index contributed by atoms with van der Waals surface area (Å²) in [6.45, 7) is 0. The Kier molecular flexibility index (Phi) is 2.12. The fraction of sp³-hybridized carbons (Fsp3) is 0.300. The van der Waals surface area contributed by atoms with E-state index in [1.165, 1.54) is 0 Å². The maximum atomic E-state index is 11.4. The van der Waals surface area contributed by atoms with E-state index in [1.54, 1.807) is 7.11 Å². The quantitative estimate of drug-likeness (QED) is 0.755. The predicted octanol–water partition coefficient (Wildman–Crippen LogP) is 2.59. The lowest BCUT2D eigenvalue weighted by Crippen LogP contribution is -1.93. The van der Waals surface area contributed by atoms with Gasteiger partial charge in [-0.3, -0.25) is 4.79 Å². The Morgan fingerprint density at radius 1 is 1.38 bits per heavy atom. The fourth-order valence-corrected chi connectivity index (χ4v) is 2.24. The van der Waals surface area contributed by atoms with Crippen LogP contribution in [0.1, 0.15) is 22.3 Å². The number of rotatable bonds is 1. The third-order valence-electron chi connectivity index (χ3n) is 2.31. The van der Waals surface area contributed by atoms with Gasteiger partial charge in [-0.1, -0.05) is 15.9 Å². The van der Waals surface area contributed by atoms with Gasteiger partial charge in [-0.05, 0) is 24.1 Å². The maximum absolute atomic E-state index is 11.4. The number of methoxy groups -OCH3 is 1. The summed E-state index contributed by atoms with van der Waals surface area (Å²) in [5, 5.41) is 0. The van der Waals surface area contributed by atoms with Crippen molar-refractivity contribution in [2.45, 2.75) is 12.8 Å². The predicted molar refractivity (Wildman–Crippen MR) is 53.3 cm³/mol. The Bertz CT molecular complexity index is 371. The Hall–Kier alpha value is -0.830. The van der Waals surface area contributed by atoms with Crippen LogP contribution in [-0.4, -0.2) is 12.9 Å². The molecule has 2 rings (SSSR count). The van der Waals surface area contributed by atoms with Crippen molar-refractivity contribution in [2.75, 3.05) is 7.11 Å². The summed E-state index contributed by atoms with van der Waals surface area (Å²) in [5.74, 6) is 0.954. The second-order valence-corrected chi connectivity index (χ2v) is 3.91. The number of Topliss-reactive ketones (excluding diaryl/α,β-unsaturated/α-hetero) is 1. The van der Waals surface area contributed by atoms with Crippen molar-refractivity contribution < 1.29 is 9.53 Å². The van der Waals surface area contributed by atoms with Crippen molar-refractivity contribution in [2.24, 2.45) is 0 Å². The van der Waals surface area contributed by atoms with Crippen LogP contribution >= 0.6 is 15.9 Å². The number of ketones is 1. The van der Waals surface area contributed by atoms with Crippen molar-refractivity contribution >= 4 is 21.7 Å². The molecule has 0 aromatic heterocycles. The van der Waals surface area contributed by atoms with Gasteiger partial charge in [0.25, 0.3) is 0 Å². The zero-order valence-electron chi connectivity index (χ0n) is 7.26. The third kappa shape index (κ3) is 1.37. The van der Waals surface area contributed by atoms with E-state index >= 15 is 0 Å². The molecule has 0 spiro atoms. The van der Waals surface area contributed by atoms with E-state index in [0.717, 1.165) is 27.8 Å². The summed E-state index contributed by atoms with van der Waals surface area (Å²) in [7, 11) is 1.60. The molecule has 0 amide bonds. The molecule has 1 aromatic rings. The van der Waals surface area contributed by atoms with Crippen LogP contribution in [0.5, 0.6) is 5.75 Å². The van der Waals surface area contributed by atoms with Crippen LogP contribution in [0.4, 0.5) is 0 Å². The smallest absolute Gasteiger partial charge is 0.163 e. The molecule has 0 N–H and O–H groups in total. The first-order valence-electron chi connectivity index (χ1n) is 4.12. The van der Waals surface area contributed by atoms with Crippen LogP contribution in [0.2, 0.25) is 0 Å². The van der Waals surface area contributed by atoms with Crippen molar-refractivity contribution in [3.05, 3.63) is 27.7 Å². The molecule has 68 valence electrons. The molecular weight excluding hydrogens is 232 g/mol. The molecule has 1 aromatic carbocycles. The van der Waals surface area contributed by atoms with Gasteiger partial charge in [0, 0.05) is 16.5 Å². The molecule has 0 radical (unpaired) electrons. The minimum atomic E-state index is 0.217. The summed E-state index contributed by atoms with van der Waals surface area (Å²) in [4.78, 5) is 11.4. The van der Waals surface area contributed by atoms with E-state index in [2.05, 4.69) is 15.9 Å². The Morgan fingerprint density at radius 3 is 2.85 bits per heavy atom. The van der Waals surface area contributed by atoms with Crippen LogP contribution in [-0.2, 0) is 6.42 Å². The number of carbonyl (C=O) groups is 1. The van der Waals surface area contributed by atoms with Crippen LogP contribution in [0.25, 0.3) is 0 Å². The summed E-state index contributed by atoms with van der Waals surface area (Å²) >= 11 is 3.43. The molecule has 0 saturated heterocycles. The largest absolute Gasteiger partial charge is 0.497 e. The average molecular weight is 241 g/mol. The maximum Gasteiger partial charge on any atom is 0.163 e. The topological polar surface area (TPSA) is 26.3 Å². The molecule has 3 heteroatoms. The van der Waals surface area contributed by atoms with Crippen molar-refractivity contribution in [3.8, 4) is 5.75 Å². The van der Waals surface area contributed by atoms with E-state index in [9.17, 15) is 4.79 Å². The minimum Gasteiger partial charge on any atom is -0.497 e. The number of hydrogen-bond donors (Lipinski definition) is 0. The summed E-state index contributed by atoms with van der Waals surface area (Å²) in [6.07, 6.45) is 1.47. The molecule has 2 nitrogen and oxygen atoms in total. The second-order valence-electron chi connectivity index (χ2n) is 3.06. The first kappa shape index (κ1) is 8.75. The average Bonchev–Trinajstić information content (AvgIpc) is 2.48. The van der Waals surface area contributed by atoms with E-state index in [0.29, 0.717) is 6.42 Å². The second kappa shape index (κ2) is 3.14. The normalized spacial score (nSPS) is 14.5. The highest BCUT2D eigenvalue weighted by atomic mass is 79.9. The van der Waals surface area contributed by atoms with Crippen molar-refractivity contribution in [1.29, 1.82) is 0 Å². The molecule has 13 heavy (non-hydrogen) atoms. The lowest BCUT2D eigenvalue weighted by Gasteiger charge is -2.05. The van der Waals surface area contributed by atoms with Gasteiger partial charge in [-0.2, -0.15) is 0 Å². The fourth-order valence-electron chi connectivity index (χ4n) is 1.61. The number of fused-ring (bicyclic) bond motifs is 1. The van der Waals surface area contributed by atoms with Gasteiger partial charge in [-0.25, -0.2) is 0 Å². The Balaban J connectivity index is 2.60. The summed E-state index contributed by atoms with van der Waals surface area (Å²) < 4.78 is 6.07. The van der Waals surface area contributed by atoms with Crippen molar-refractivity contribution in [1.82, 2.24) is 0 Å². The minimum absolute atomic E-state index is 0.217. The van der Waals surface area contributed by atoms with Gasteiger partial charge in [0.2, 0.25) is 0 Å². The molecule has 1 aliphatic carbocycles. The van der Waals surface area contributed by atoms with Gasteiger partial charge in [0.15, 0.2) is 5.78 Å². The Labute approximate surface area is 85.0 Å². The first-order chi connectivity index (χ1) is 6.22. The zero-order valence-corrected chi connectivity index (χ0v) is 8.85. The molecule has 0 aliphatic heterocycles. The molecule has 0 saturated carbocycles. The SMILES string of the molecule is COc1cc(Br)c2c(c1)C(=O)CC2. The molecular formula is C10H9BrO2.